The Labute approximate surface area is 186 Å². The van der Waals surface area contributed by atoms with Crippen molar-refractivity contribution in [3.63, 3.8) is 0 Å². The van der Waals surface area contributed by atoms with Crippen LogP contribution in [-0.4, -0.2) is 41.2 Å². The number of fused-ring (bicyclic) bond motifs is 2. The summed E-state index contributed by atoms with van der Waals surface area (Å²) in [4.78, 5) is 26.9. The van der Waals surface area contributed by atoms with E-state index in [0.29, 0.717) is 5.75 Å². The number of hydrogen-bond donors (Lipinski definition) is 2. The molecule has 2 aliphatic rings. The van der Waals surface area contributed by atoms with Crippen molar-refractivity contribution in [2.75, 3.05) is 13.2 Å². The highest BCUT2D eigenvalue weighted by Gasteiger charge is 2.49. The molecule has 32 heavy (non-hydrogen) atoms. The molecule has 5 rings (SSSR count). The number of hydrogen-bond acceptors (Lipinski definition) is 4. The first-order valence-electron chi connectivity index (χ1n) is 11.0. The predicted molar refractivity (Wildman–Crippen MR) is 122 cm³/mol. The minimum atomic E-state index is -1.13. The molecule has 6 heteroatoms. The van der Waals surface area contributed by atoms with Gasteiger partial charge in [0.25, 0.3) is 5.91 Å². The van der Waals surface area contributed by atoms with Crippen LogP contribution in [0.5, 0.6) is 5.75 Å². The van der Waals surface area contributed by atoms with Gasteiger partial charge in [-0.05, 0) is 54.3 Å². The molecule has 2 N–H and O–H groups in total. The van der Waals surface area contributed by atoms with Crippen molar-refractivity contribution in [3.8, 4) is 5.75 Å². The number of benzene rings is 3. The summed E-state index contributed by atoms with van der Waals surface area (Å²) in [5, 5.41) is 15.4. The van der Waals surface area contributed by atoms with Gasteiger partial charge in [-0.3, -0.25) is 9.69 Å². The number of carbonyl (C=O) groups is 2. The van der Waals surface area contributed by atoms with E-state index >= 15 is 0 Å². The highest BCUT2D eigenvalue weighted by Crippen LogP contribution is 2.33. The standard InChI is InChI=1S/C26H26N2O4/c1-26(20-13-12-17-7-4-9-19(17)14-20)24(30)28(25(31)27-26)15-21(29)16-32-23-11-5-8-18-6-2-3-10-22(18)23/h2-3,5-6,8,10-14,21,29H,4,7,9,15-16H2,1H3,(H,27,31). The lowest BCUT2D eigenvalue weighted by Gasteiger charge is -2.24. The van der Waals surface area contributed by atoms with E-state index in [9.17, 15) is 14.7 Å². The molecule has 3 aromatic carbocycles. The number of aliphatic hydroxyl groups excluding tert-OH is 1. The van der Waals surface area contributed by atoms with Gasteiger partial charge in [0.15, 0.2) is 0 Å². The Balaban J connectivity index is 1.28. The van der Waals surface area contributed by atoms with Crippen LogP contribution in [0.1, 0.15) is 30.0 Å². The molecule has 6 nitrogen and oxygen atoms in total. The van der Waals surface area contributed by atoms with E-state index in [4.69, 9.17) is 4.74 Å². The Morgan fingerprint density at radius 2 is 1.84 bits per heavy atom. The first-order chi connectivity index (χ1) is 15.5. The van der Waals surface area contributed by atoms with E-state index in [-0.39, 0.29) is 19.1 Å². The molecule has 0 bridgehead atoms. The molecule has 0 spiro atoms. The van der Waals surface area contributed by atoms with Crippen LogP contribution in [0.15, 0.2) is 60.7 Å². The molecule has 2 atom stereocenters. The first-order valence-corrected chi connectivity index (χ1v) is 11.0. The largest absolute Gasteiger partial charge is 0.490 e. The monoisotopic (exact) mass is 430 g/mol. The number of nitrogens with one attached hydrogen (secondary N) is 1. The van der Waals surface area contributed by atoms with Gasteiger partial charge < -0.3 is 15.2 Å². The molecule has 1 saturated heterocycles. The van der Waals surface area contributed by atoms with Crippen molar-refractivity contribution in [2.45, 2.75) is 37.8 Å². The molecule has 0 radical (unpaired) electrons. The number of urea groups is 1. The van der Waals surface area contributed by atoms with E-state index in [1.807, 2.05) is 54.6 Å². The first kappa shape index (κ1) is 20.5. The Kier molecular flexibility index (Phi) is 5.10. The van der Waals surface area contributed by atoms with Gasteiger partial charge in [0.1, 0.15) is 24.0 Å². The summed E-state index contributed by atoms with van der Waals surface area (Å²) in [6, 6.07) is 19.1. The predicted octanol–water partition coefficient (Wildman–Crippen LogP) is 3.54. The van der Waals surface area contributed by atoms with Gasteiger partial charge in [-0.15, -0.1) is 0 Å². The molecular weight excluding hydrogens is 404 g/mol. The average Bonchev–Trinajstić information content (AvgIpc) is 3.36. The second-order valence-electron chi connectivity index (χ2n) is 8.75. The Bertz CT molecular complexity index is 1200. The summed E-state index contributed by atoms with van der Waals surface area (Å²) in [6.07, 6.45) is 2.16. The number of aliphatic hydroxyl groups is 1. The van der Waals surface area contributed by atoms with Gasteiger partial charge >= 0.3 is 6.03 Å². The summed E-state index contributed by atoms with van der Waals surface area (Å²) >= 11 is 0. The van der Waals surface area contributed by atoms with Gasteiger partial charge in [-0.1, -0.05) is 54.6 Å². The summed E-state index contributed by atoms with van der Waals surface area (Å²) in [7, 11) is 0. The van der Waals surface area contributed by atoms with Gasteiger partial charge in [-0.25, -0.2) is 4.79 Å². The van der Waals surface area contributed by atoms with E-state index in [1.165, 1.54) is 11.1 Å². The van der Waals surface area contributed by atoms with Crippen LogP contribution >= 0.6 is 0 Å². The topological polar surface area (TPSA) is 78.9 Å². The minimum absolute atomic E-state index is 0.0272. The van der Waals surface area contributed by atoms with Crippen LogP contribution < -0.4 is 10.1 Å². The molecule has 3 amide bonds. The van der Waals surface area contributed by atoms with E-state index < -0.39 is 17.7 Å². The minimum Gasteiger partial charge on any atom is -0.490 e. The van der Waals surface area contributed by atoms with Crippen molar-refractivity contribution in [2.24, 2.45) is 0 Å². The van der Waals surface area contributed by atoms with Gasteiger partial charge in [0.05, 0.1) is 6.54 Å². The maximum atomic E-state index is 13.2. The van der Waals surface area contributed by atoms with Crippen molar-refractivity contribution in [3.05, 3.63) is 77.4 Å². The smallest absolute Gasteiger partial charge is 0.325 e. The van der Waals surface area contributed by atoms with Crippen molar-refractivity contribution < 1.29 is 19.4 Å². The molecule has 1 fully saturated rings. The van der Waals surface area contributed by atoms with E-state index in [0.717, 1.165) is 40.5 Å². The third kappa shape index (κ3) is 3.50. The SMILES string of the molecule is CC1(c2ccc3c(c2)CCC3)NC(=O)N(CC(O)COc2cccc3ccccc23)C1=O. The second-order valence-corrected chi connectivity index (χ2v) is 8.75. The van der Waals surface area contributed by atoms with Crippen LogP contribution in [0.25, 0.3) is 10.8 Å². The zero-order valence-corrected chi connectivity index (χ0v) is 18.0. The van der Waals surface area contributed by atoms with Gasteiger partial charge in [-0.2, -0.15) is 0 Å². The molecular formula is C26H26N2O4. The van der Waals surface area contributed by atoms with Crippen LogP contribution in [-0.2, 0) is 23.2 Å². The number of aryl methyl sites for hydroxylation is 2. The Morgan fingerprint density at radius 1 is 1.06 bits per heavy atom. The Hall–Kier alpha value is -3.38. The fourth-order valence-corrected chi connectivity index (χ4v) is 4.71. The highest BCUT2D eigenvalue weighted by molar-refractivity contribution is 6.07. The normalized spacial score (nSPS) is 21.0. The summed E-state index contributed by atoms with van der Waals surface area (Å²) in [5.74, 6) is 0.298. The second kappa shape index (κ2) is 7.95. The third-order valence-electron chi connectivity index (χ3n) is 6.52. The number of carbonyl (C=O) groups excluding carboxylic acids is 2. The lowest BCUT2D eigenvalue weighted by atomic mass is 9.89. The fourth-order valence-electron chi connectivity index (χ4n) is 4.71. The lowest BCUT2D eigenvalue weighted by molar-refractivity contribution is -0.132. The van der Waals surface area contributed by atoms with E-state index in [1.54, 1.807) is 6.92 Å². The number of ether oxygens (including phenoxy) is 1. The summed E-state index contributed by atoms with van der Waals surface area (Å²) in [6.45, 7) is 1.57. The zero-order chi connectivity index (χ0) is 22.3. The number of rotatable bonds is 6. The molecule has 164 valence electrons. The molecule has 2 unspecified atom stereocenters. The van der Waals surface area contributed by atoms with E-state index in [2.05, 4.69) is 11.4 Å². The number of nitrogens with zero attached hydrogens (tertiary/aromatic N) is 1. The fraction of sp³-hybridized carbons (Fsp3) is 0.308. The highest BCUT2D eigenvalue weighted by atomic mass is 16.5. The quantitative estimate of drug-likeness (QED) is 0.587. The average molecular weight is 431 g/mol. The van der Waals surface area contributed by atoms with Crippen molar-refractivity contribution >= 4 is 22.7 Å². The van der Waals surface area contributed by atoms with Crippen LogP contribution in [0, 0.1) is 0 Å². The van der Waals surface area contributed by atoms with Crippen LogP contribution in [0.4, 0.5) is 4.79 Å². The molecule has 1 heterocycles. The molecule has 1 aliphatic carbocycles. The lowest BCUT2D eigenvalue weighted by Crippen LogP contribution is -2.42. The third-order valence-corrected chi connectivity index (χ3v) is 6.52. The molecule has 1 aliphatic heterocycles. The molecule has 3 aromatic rings. The summed E-state index contributed by atoms with van der Waals surface area (Å²) < 4.78 is 5.83. The maximum Gasteiger partial charge on any atom is 0.325 e. The number of β-amino-alcohol motifs (C(OH)–C–C–N with tert-alkyl or cyclic N) is 1. The van der Waals surface area contributed by atoms with Crippen LogP contribution in [0.2, 0.25) is 0 Å². The van der Waals surface area contributed by atoms with Gasteiger partial charge in [0, 0.05) is 5.39 Å². The zero-order valence-electron chi connectivity index (χ0n) is 18.0. The maximum absolute atomic E-state index is 13.2. The van der Waals surface area contributed by atoms with Crippen molar-refractivity contribution in [1.29, 1.82) is 0 Å². The number of imide groups is 1. The molecule has 0 aromatic heterocycles. The van der Waals surface area contributed by atoms with Crippen molar-refractivity contribution in [1.82, 2.24) is 10.2 Å². The number of amides is 3. The van der Waals surface area contributed by atoms with Crippen LogP contribution in [0.3, 0.4) is 0 Å². The summed E-state index contributed by atoms with van der Waals surface area (Å²) in [5.41, 5.74) is 2.20. The Morgan fingerprint density at radius 3 is 2.72 bits per heavy atom. The molecule has 0 saturated carbocycles. The van der Waals surface area contributed by atoms with Gasteiger partial charge in [0.2, 0.25) is 0 Å².